The van der Waals surface area contributed by atoms with Gasteiger partial charge in [-0.05, 0) is 6.42 Å². The van der Waals surface area contributed by atoms with Crippen molar-refractivity contribution in [3.8, 4) is 0 Å². The van der Waals surface area contributed by atoms with Crippen LogP contribution in [-0.2, 0) is 4.74 Å². The Morgan fingerprint density at radius 3 is 2.11 bits per heavy atom. The SMILES string of the molecule is OC(C1CC2C=CC1O2)C(F)(F)C(O)C(F)(F)F. The minimum Gasteiger partial charge on any atom is -0.386 e. The van der Waals surface area contributed by atoms with Crippen molar-refractivity contribution >= 4 is 0 Å². The molecule has 104 valence electrons. The first-order valence-corrected chi connectivity index (χ1v) is 5.28. The van der Waals surface area contributed by atoms with Crippen molar-refractivity contribution in [1.29, 1.82) is 0 Å². The van der Waals surface area contributed by atoms with Crippen LogP contribution in [0.25, 0.3) is 0 Å². The van der Waals surface area contributed by atoms with E-state index in [1.54, 1.807) is 6.08 Å². The Labute approximate surface area is 98.9 Å². The quantitative estimate of drug-likeness (QED) is 0.601. The molecule has 2 heterocycles. The molecule has 0 spiro atoms. The average molecular weight is 274 g/mol. The Bertz CT molecular complexity index is 354. The number of fused-ring (bicyclic) bond motifs is 2. The van der Waals surface area contributed by atoms with Gasteiger partial charge in [0.15, 0.2) is 0 Å². The Morgan fingerprint density at radius 2 is 1.72 bits per heavy atom. The first-order chi connectivity index (χ1) is 8.14. The predicted octanol–water partition coefficient (Wildman–Crippen LogP) is 1.25. The second-order valence-corrected chi connectivity index (χ2v) is 4.49. The Kier molecular flexibility index (Phi) is 3.15. The number of rotatable bonds is 3. The van der Waals surface area contributed by atoms with Gasteiger partial charge >= 0.3 is 12.1 Å². The summed E-state index contributed by atoms with van der Waals surface area (Å²) in [5, 5.41) is 18.0. The predicted molar refractivity (Wildman–Crippen MR) is 48.9 cm³/mol. The second kappa shape index (κ2) is 4.14. The Balaban J connectivity index is 2.12. The lowest BCUT2D eigenvalue weighted by Gasteiger charge is -2.33. The van der Waals surface area contributed by atoms with E-state index in [1.807, 2.05) is 0 Å². The van der Waals surface area contributed by atoms with Gasteiger partial charge in [0, 0.05) is 5.92 Å². The molecule has 5 atom stereocenters. The molecule has 3 nitrogen and oxygen atoms in total. The molecule has 0 amide bonds. The molecule has 5 unspecified atom stereocenters. The molecule has 18 heavy (non-hydrogen) atoms. The molecule has 0 aliphatic carbocycles. The normalized spacial score (nSPS) is 34.9. The molecule has 0 aromatic rings. The van der Waals surface area contributed by atoms with Gasteiger partial charge in [-0.25, -0.2) is 8.78 Å². The smallest absolute Gasteiger partial charge is 0.386 e. The molecule has 2 N–H and O–H groups in total. The zero-order valence-corrected chi connectivity index (χ0v) is 8.94. The number of alkyl halides is 5. The number of ether oxygens (including phenoxy) is 1. The summed E-state index contributed by atoms with van der Waals surface area (Å²) in [6.45, 7) is 0. The van der Waals surface area contributed by atoms with Crippen molar-refractivity contribution in [1.82, 2.24) is 0 Å². The first kappa shape index (κ1) is 13.7. The fourth-order valence-electron chi connectivity index (χ4n) is 2.28. The maximum atomic E-state index is 13.4. The lowest BCUT2D eigenvalue weighted by atomic mass is 9.84. The summed E-state index contributed by atoms with van der Waals surface area (Å²) in [7, 11) is 0. The molecule has 8 heteroatoms. The molecule has 2 rings (SSSR count). The minimum atomic E-state index is -5.49. The van der Waals surface area contributed by atoms with Gasteiger partial charge in [-0.3, -0.25) is 0 Å². The van der Waals surface area contributed by atoms with Crippen LogP contribution in [0.2, 0.25) is 0 Å². The molecule has 1 saturated heterocycles. The van der Waals surface area contributed by atoms with Gasteiger partial charge in [0.25, 0.3) is 0 Å². The maximum absolute atomic E-state index is 13.4. The van der Waals surface area contributed by atoms with E-state index in [9.17, 15) is 27.1 Å². The van der Waals surface area contributed by atoms with Crippen LogP contribution < -0.4 is 0 Å². The van der Waals surface area contributed by atoms with E-state index in [0.717, 1.165) is 0 Å². The molecule has 2 bridgehead atoms. The van der Waals surface area contributed by atoms with Gasteiger partial charge in [0.05, 0.1) is 12.2 Å². The highest BCUT2D eigenvalue weighted by atomic mass is 19.4. The third-order valence-corrected chi connectivity index (χ3v) is 3.25. The number of hydrogen-bond donors (Lipinski definition) is 2. The van der Waals surface area contributed by atoms with E-state index in [0.29, 0.717) is 0 Å². The highest BCUT2D eigenvalue weighted by Crippen LogP contribution is 2.43. The van der Waals surface area contributed by atoms with E-state index in [4.69, 9.17) is 9.84 Å². The monoisotopic (exact) mass is 274 g/mol. The summed E-state index contributed by atoms with van der Waals surface area (Å²) < 4.78 is 68.1. The van der Waals surface area contributed by atoms with E-state index in [-0.39, 0.29) is 6.42 Å². The Hall–Kier alpha value is -0.730. The molecule has 2 aliphatic heterocycles. The molecule has 1 fully saturated rings. The molecule has 0 saturated carbocycles. The largest absolute Gasteiger partial charge is 0.420 e. The lowest BCUT2D eigenvalue weighted by molar-refractivity contribution is -0.296. The first-order valence-electron chi connectivity index (χ1n) is 5.28. The van der Waals surface area contributed by atoms with Gasteiger partial charge < -0.3 is 14.9 Å². The molecule has 0 aromatic carbocycles. The summed E-state index contributed by atoms with van der Waals surface area (Å²) in [5.41, 5.74) is 0. The molecular formula is C10H11F5O3. The van der Waals surface area contributed by atoms with Gasteiger partial charge in [-0.1, -0.05) is 12.2 Å². The molecule has 2 aliphatic rings. The maximum Gasteiger partial charge on any atom is 0.420 e. The van der Waals surface area contributed by atoms with Crippen LogP contribution in [0.1, 0.15) is 6.42 Å². The highest BCUT2D eigenvalue weighted by molar-refractivity contribution is 5.13. The topological polar surface area (TPSA) is 49.7 Å². The summed E-state index contributed by atoms with van der Waals surface area (Å²) in [5.74, 6) is -5.81. The van der Waals surface area contributed by atoms with E-state index in [1.165, 1.54) is 6.08 Å². The van der Waals surface area contributed by atoms with Gasteiger partial charge in [0.2, 0.25) is 6.10 Å². The second-order valence-electron chi connectivity index (χ2n) is 4.49. The summed E-state index contributed by atoms with van der Waals surface area (Å²) in [6.07, 6.45) is -10.2. The third-order valence-electron chi connectivity index (χ3n) is 3.25. The van der Waals surface area contributed by atoms with Crippen LogP contribution in [0.4, 0.5) is 22.0 Å². The minimum absolute atomic E-state index is 0.0164. The molecule has 0 radical (unpaired) electrons. The lowest BCUT2D eigenvalue weighted by Crippen LogP contribution is -2.55. The number of hydrogen-bond acceptors (Lipinski definition) is 3. The van der Waals surface area contributed by atoms with Crippen LogP contribution in [0.3, 0.4) is 0 Å². The standard InChI is InChI=1S/C10H11F5O3/c11-9(12,8(17)10(13,14)15)7(16)5-3-4-1-2-6(5)18-4/h1-2,4-8,16-17H,3H2. The third kappa shape index (κ3) is 2.12. The molecular weight excluding hydrogens is 263 g/mol. The van der Waals surface area contributed by atoms with Crippen molar-refractivity contribution in [2.45, 2.75) is 42.9 Å². The highest BCUT2D eigenvalue weighted by Gasteiger charge is 2.62. The van der Waals surface area contributed by atoms with Gasteiger partial charge in [0.1, 0.15) is 6.10 Å². The summed E-state index contributed by atoms with van der Waals surface area (Å²) >= 11 is 0. The van der Waals surface area contributed by atoms with Crippen LogP contribution in [0.5, 0.6) is 0 Å². The number of aliphatic hydroxyl groups excluding tert-OH is 2. The molecule has 0 aromatic heterocycles. The fourth-order valence-corrected chi connectivity index (χ4v) is 2.28. The van der Waals surface area contributed by atoms with E-state index >= 15 is 0 Å². The van der Waals surface area contributed by atoms with E-state index in [2.05, 4.69) is 0 Å². The zero-order chi connectivity index (χ0) is 13.7. The zero-order valence-electron chi connectivity index (χ0n) is 8.94. The van der Waals surface area contributed by atoms with Gasteiger partial charge in [-0.2, -0.15) is 13.2 Å². The van der Waals surface area contributed by atoms with Crippen molar-refractivity contribution < 1.29 is 36.9 Å². The number of aliphatic hydroxyl groups is 2. The summed E-state index contributed by atoms with van der Waals surface area (Å²) in [6, 6.07) is 0. The summed E-state index contributed by atoms with van der Waals surface area (Å²) in [4.78, 5) is 0. The number of halogens is 5. The van der Waals surface area contributed by atoms with Crippen molar-refractivity contribution in [3.63, 3.8) is 0 Å². The fraction of sp³-hybridized carbons (Fsp3) is 0.800. The van der Waals surface area contributed by atoms with Crippen LogP contribution in [0, 0.1) is 5.92 Å². The van der Waals surface area contributed by atoms with Crippen LogP contribution in [-0.4, -0.2) is 46.7 Å². The Morgan fingerprint density at radius 1 is 1.11 bits per heavy atom. The van der Waals surface area contributed by atoms with Gasteiger partial charge in [-0.15, -0.1) is 0 Å². The van der Waals surface area contributed by atoms with E-state index < -0.39 is 42.4 Å². The van der Waals surface area contributed by atoms with Crippen molar-refractivity contribution in [2.24, 2.45) is 5.92 Å². The van der Waals surface area contributed by atoms with Crippen molar-refractivity contribution in [3.05, 3.63) is 12.2 Å². The van der Waals surface area contributed by atoms with Crippen molar-refractivity contribution in [2.75, 3.05) is 0 Å². The van der Waals surface area contributed by atoms with Crippen LogP contribution >= 0.6 is 0 Å². The average Bonchev–Trinajstić information content (AvgIpc) is 2.87. The van der Waals surface area contributed by atoms with Crippen LogP contribution in [0.15, 0.2) is 12.2 Å².